The van der Waals surface area contributed by atoms with Crippen molar-refractivity contribution in [1.29, 1.82) is 5.41 Å². The number of benzene rings is 1. The van der Waals surface area contributed by atoms with Crippen molar-refractivity contribution in [3.05, 3.63) is 42.5 Å². The van der Waals surface area contributed by atoms with Gasteiger partial charge in [-0.15, -0.1) is 0 Å². The Kier molecular flexibility index (Phi) is 4.05. The van der Waals surface area contributed by atoms with E-state index in [4.69, 9.17) is 10.1 Å². The largest absolute Gasteiger partial charge is 0.473 e. The number of hydrogen-bond acceptors (Lipinski definition) is 4. The molecule has 0 unspecified atom stereocenters. The van der Waals surface area contributed by atoms with Gasteiger partial charge in [0.1, 0.15) is 6.61 Å². The Hall–Kier alpha value is -1.62. The van der Waals surface area contributed by atoms with Crippen LogP contribution < -0.4 is 0 Å². The number of nitrogens with one attached hydrogen (secondary N) is 1. The predicted molar refractivity (Wildman–Crippen MR) is 58.0 cm³/mol. The van der Waals surface area contributed by atoms with Crippen molar-refractivity contribution < 1.29 is 13.2 Å². The van der Waals surface area contributed by atoms with Crippen LogP contribution in [0.2, 0.25) is 0 Å². The summed E-state index contributed by atoms with van der Waals surface area (Å²) in [4.78, 5) is 0.0987. The molecule has 1 N–H and O–H groups in total. The highest BCUT2D eigenvalue weighted by Gasteiger charge is 2.09. The first-order chi connectivity index (χ1) is 7.16. The predicted octanol–water partition coefficient (Wildman–Crippen LogP) is 1.18. The molecule has 0 radical (unpaired) electrons. The third-order valence-corrected chi connectivity index (χ3v) is 2.47. The summed E-state index contributed by atoms with van der Waals surface area (Å²) < 4.78 is 26.7. The van der Waals surface area contributed by atoms with Gasteiger partial charge in [-0.3, -0.25) is 5.41 Å². The van der Waals surface area contributed by atoms with E-state index in [9.17, 15) is 8.42 Å². The first-order valence-corrected chi connectivity index (χ1v) is 5.40. The summed E-state index contributed by atoms with van der Waals surface area (Å²) in [6, 6.07) is 6.23. The molecule has 0 aliphatic rings. The molecule has 0 heterocycles. The van der Waals surface area contributed by atoms with Gasteiger partial charge in [-0.25, -0.2) is 8.42 Å². The van der Waals surface area contributed by atoms with Crippen LogP contribution in [0.15, 0.2) is 41.8 Å². The van der Waals surface area contributed by atoms with Gasteiger partial charge in [-0.2, -0.15) is 0 Å². The number of ether oxygens (including phenoxy) is 1. The molecule has 0 aromatic heterocycles. The summed E-state index contributed by atoms with van der Waals surface area (Å²) in [5, 5.41) is 7.53. The maximum atomic E-state index is 10.9. The fourth-order valence-electron chi connectivity index (χ4n) is 1.04. The minimum Gasteiger partial charge on any atom is -0.473 e. The van der Waals surface area contributed by atoms with E-state index in [1.807, 2.05) is 0 Å². The van der Waals surface area contributed by atoms with Crippen LogP contribution in [0.3, 0.4) is 0 Å². The third kappa shape index (κ3) is 2.92. The van der Waals surface area contributed by atoms with Crippen LogP contribution in [-0.2, 0) is 15.4 Å². The van der Waals surface area contributed by atoms with E-state index in [-0.39, 0.29) is 23.0 Å². The van der Waals surface area contributed by atoms with Gasteiger partial charge >= 0.3 is 0 Å². The number of rotatable bonds is 4. The van der Waals surface area contributed by atoms with E-state index in [0.29, 0.717) is 0 Å². The van der Waals surface area contributed by atoms with Gasteiger partial charge in [0.2, 0.25) is 5.90 Å². The van der Waals surface area contributed by atoms with E-state index < -0.39 is 10.7 Å². The lowest BCUT2D eigenvalue weighted by molar-refractivity contribution is 0.348. The zero-order valence-electron chi connectivity index (χ0n) is 7.97. The Balaban J connectivity index is 3.02. The van der Waals surface area contributed by atoms with Crippen LogP contribution >= 0.6 is 0 Å². The molecule has 0 saturated carbocycles. The van der Waals surface area contributed by atoms with E-state index in [2.05, 4.69) is 6.58 Å². The van der Waals surface area contributed by atoms with Gasteiger partial charge in [0.15, 0.2) is 10.7 Å². The molecule has 1 rings (SSSR count). The topological polar surface area (TPSA) is 67.2 Å². The minimum absolute atomic E-state index is 0.0987. The van der Waals surface area contributed by atoms with Crippen LogP contribution in [-0.4, -0.2) is 20.9 Å². The van der Waals surface area contributed by atoms with Gasteiger partial charge in [0.25, 0.3) is 0 Å². The molecule has 15 heavy (non-hydrogen) atoms. The van der Waals surface area contributed by atoms with Gasteiger partial charge in [0, 0.05) is 0 Å². The van der Waals surface area contributed by atoms with E-state index >= 15 is 0 Å². The van der Waals surface area contributed by atoms with E-state index in [1.54, 1.807) is 12.1 Å². The van der Waals surface area contributed by atoms with Crippen molar-refractivity contribution in [2.75, 3.05) is 6.61 Å². The Morgan fingerprint density at radius 1 is 1.47 bits per heavy atom. The molecule has 0 fully saturated rings. The second kappa shape index (κ2) is 5.31. The van der Waals surface area contributed by atoms with Gasteiger partial charge in [-0.05, 0) is 12.1 Å². The fourth-order valence-corrected chi connectivity index (χ4v) is 1.63. The molecule has 80 valence electrons. The zero-order chi connectivity index (χ0) is 11.3. The van der Waals surface area contributed by atoms with Crippen molar-refractivity contribution in [2.45, 2.75) is 4.90 Å². The summed E-state index contributed by atoms with van der Waals surface area (Å²) in [6.07, 6.45) is 1.49. The number of thiol groups is 1. The Bertz CT molecular complexity index is 444. The summed E-state index contributed by atoms with van der Waals surface area (Å²) >= 11 is 0. The first-order valence-electron chi connectivity index (χ1n) is 4.23. The quantitative estimate of drug-likeness (QED) is 0.350. The van der Waals surface area contributed by atoms with Crippen LogP contribution in [0.5, 0.6) is 0 Å². The molecule has 5 heteroatoms. The molecule has 1 aromatic carbocycles. The molecule has 0 aliphatic carbocycles. The van der Waals surface area contributed by atoms with Gasteiger partial charge in [0.05, 0.1) is 10.5 Å². The molecule has 4 nitrogen and oxygen atoms in total. The highest BCUT2D eigenvalue weighted by Crippen LogP contribution is 2.11. The SMILES string of the molecule is C=CCOC(=N)c1ccccc1[SH](=O)=O. The maximum absolute atomic E-state index is 10.9. The van der Waals surface area contributed by atoms with E-state index in [1.165, 1.54) is 18.2 Å². The van der Waals surface area contributed by atoms with Gasteiger partial charge in [-0.1, -0.05) is 24.8 Å². The average Bonchev–Trinajstić information content (AvgIpc) is 2.25. The Morgan fingerprint density at radius 3 is 2.73 bits per heavy atom. The van der Waals surface area contributed by atoms with Crippen LogP contribution in [0.4, 0.5) is 0 Å². The summed E-state index contributed by atoms with van der Waals surface area (Å²) in [7, 11) is -2.71. The van der Waals surface area contributed by atoms with Crippen LogP contribution in [0.1, 0.15) is 5.56 Å². The monoisotopic (exact) mass is 225 g/mol. The highest BCUT2D eigenvalue weighted by molar-refractivity contribution is 7.72. The van der Waals surface area contributed by atoms with Crippen LogP contribution in [0, 0.1) is 5.41 Å². The summed E-state index contributed by atoms with van der Waals surface area (Å²) in [5.74, 6) is -0.162. The van der Waals surface area contributed by atoms with Crippen molar-refractivity contribution in [3.63, 3.8) is 0 Å². The lowest BCUT2D eigenvalue weighted by Gasteiger charge is -2.06. The molecule has 0 spiro atoms. The lowest BCUT2D eigenvalue weighted by Crippen LogP contribution is -2.07. The first kappa shape index (κ1) is 11.5. The Morgan fingerprint density at radius 2 is 2.13 bits per heavy atom. The minimum atomic E-state index is -2.71. The zero-order valence-corrected chi connectivity index (χ0v) is 8.87. The fraction of sp³-hybridized carbons (Fsp3) is 0.100. The van der Waals surface area contributed by atoms with Crippen molar-refractivity contribution >= 4 is 16.6 Å². The van der Waals surface area contributed by atoms with E-state index in [0.717, 1.165) is 0 Å². The molecule has 0 aliphatic heterocycles. The molecule has 0 atom stereocenters. The molecule has 0 bridgehead atoms. The second-order valence-electron chi connectivity index (χ2n) is 2.70. The summed E-state index contributed by atoms with van der Waals surface area (Å²) in [5.41, 5.74) is 0.274. The van der Waals surface area contributed by atoms with Crippen molar-refractivity contribution in [2.24, 2.45) is 0 Å². The molecular formula is C10H11NO3S. The van der Waals surface area contributed by atoms with Gasteiger partial charge < -0.3 is 4.74 Å². The second-order valence-corrected chi connectivity index (χ2v) is 3.70. The average molecular weight is 225 g/mol. The molecule has 1 aromatic rings. The standard InChI is InChI=1S/C10H11NO3S/c1-2-7-14-10(11)8-5-3-4-6-9(8)15(12)13/h2-6,11,15H,1,7H2. The molecule has 0 saturated heterocycles. The Labute approximate surface area is 89.7 Å². The van der Waals surface area contributed by atoms with Crippen molar-refractivity contribution in [3.8, 4) is 0 Å². The third-order valence-electron chi connectivity index (χ3n) is 1.69. The molecular weight excluding hydrogens is 214 g/mol. The van der Waals surface area contributed by atoms with Crippen LogP contribution in [0.25, 0.3) is 0 Å². The summed E-state index contributed by atoms with van der Waals surface area (Å²) in [6.45, 7) is 3.63. The highest BCUT2D eigenvalue weighted by atomic mass is 32.2. The number of hydrogen-bond donors (Lipinski definition) is 2. The lowest BCUT2D eigenvalue weighted by atomic mass is 10.2. The maximum Gasteiger partial charge on any atom is 0.214 e. The molecule has 0 amide bonds. The van der Waals surface area contributed by atoms with Crippen molar-refractivity contribution in [1.82, 2.24) is 0 Å². The smallest absolute Gasteiger partial charge is 0.214 e. The normalized spacial score (nSPS) is 9.93.